The van der Waals surface area contributed by atoms with Crippen molar-refractivity contribution >= 4 is 21.6 Å². The molecule has 0 aliphatic carbocycles. The number of benzene rings is 1. The number of aryl methyl sites for hydroxylation is 1. The zero-order chi connectivity index (χ0) is 13.8. The molecular weight excluding hydrogens is 300 g/mol. The Morgan fingerprint density at radius 1 is 1.42 bits per heavy atom. The van der Waals surface area contributed by atoms with Crippen molar-refractivity contribution in [3.05, 3.63) is 28.2 Å². The second kappa shape index (κ2) is 6.76. The summed E-state index contributed by atoms with van der Waals surface area (Å²) in [5.41, 5.74) is 2.69. The van der Waals surface area contributed by atoms with Crippen molar-refractivity contribution in [1.82, 2.24) is 5.32 Å². The maximum absolute atomic E-state index is 3.67. The van der Waals surface area contributed by atoms with Crippen LogP contribution < -0.4 is 10.2 Å². The summed E-state index contributed by atoms with van der Waals surface area (Å²) in [7, 11) is 0. The minimum Gasteiger partial charge on any atom is -0.370 e. The Hall–Kier alpha value is -0.540. The Labute approximate surface area is 125 Å². The van der Waals surface area contributed by atoms with Gasteiger partial charge in [-0.3, -0.25) is 0 Å². The number of nitrogens with zero attached hydrogens (tertiary/aromatic N) is 1. The van der Waals surface area contributed by atoms with Gasteiger partial charge in [0, 0.05) is 17.6 Å². The van der Waals surface area contributed by atoms with Crippen LogP contribution in [0.15, 0.2) is 22.7 Å². The second-order valence-electron chi connectivity index (χ2n) is 6.11. The first-order valence-electron chi connectivity index (χ1n) is 7.28. The summed E-state index contributed by atoms with van der Waals surface area (Å²) in [5, 5.41) is 3.59. The van der Waals surface area contributed by atoms with E-state index in [2.05, 4.69) is 65.1 Å². The number of anilines is 1. The van der Waals surface area contributed by atoms with E-state index in [0.717, 1.165) is 24.9 Å². The zero-order valence-electron chi connectivity index (χ0n) is 12.2. The summed E-state index contributed by atoms with van der Waals surface area (Å²) in [4.78, 5) is 2.51. The summed E-state index contributed by atoms with van der Waals surface area (Å²) < 4.78 is 1.22. The highest BCUT2D eigenvalue weighted by atomic mass is 79.9. The number of halogens is 1. The highest BCUT2D eigenvalue weighted by Crippen LogP contribution is 2.31. The van der Waals surface area contributed by atoms with Gasteiger partial charge in [-0.1, -0.05) is 19.9 Å². The summed E-state index contributed by atoms with van der Waals surface area (Å²) in [5.74, 6) is 1.52. The Morgan fingerprint density at radius 2 is 2.21 bits per heavy atom. The first kappa shape index (κ1) is 14.9. The van der Waals surface area contributed by atoms with Gasteiger partial charge in [0.1, 0.15) is 0 Å². The molecule has 0 amide bonds. The van der Waals surface area contributed by atoms with Crippen LogP contribution in [-0.4, -0.2) is 26.2 Å². The van der Waals surface area contributed by atoms with E-state index in [0.29, 0.717) is 0 Å². The Morgan fingerprint density at radius 3 is 2.95 bits per heavy atom. The Balaban J connectivity index is 1.89. The van der Waals surface area contributed by atoms with Gasteiger partial charge < -0.3 is 10.2 Å². The first-order chi connectivity index (χ1) is 9.06. The molecule has 1 aliphatic rings. The topological polar surface area (TPSA) is 15.3 Å². The fourth-order valence-electron chi connectivity index (χ4n) is 2.66. The minimum atomic E-state index is 0.739. The molecule has 0 saturated carbocycles. The van der Waals surface area contributed by atoms with Crippen LogP contribution in [0.25, 0.3) is 0 Å². The predicted octanol–water partition coefficient (Wildman–Crippen LogP) is 3.83. The molecule has 1 saturated heterocycles. The van der Waals surface area contributed by atoms with Gasteiger partial charge >= 0.3 is 0 Å². The van der Waals surface area contributed by atoms with Gasteiger partial charge in [-0.05, 0) is 71.9 Å². The average Bonchev–Trinajstić information content (AvgIpc) is 2.80. The highest BCUT2D eigenvalue weighted by Gasteiger charge is 2.23. The van der Waals surface area contributed by atoms with E-state index in [1.165, 1.54) is 35.2 Å². The zero-order valence-corrected chi connectivity index (χ0v) is 13.8. The normalized spacial score (nSPS) is 19.4. The Bertz CT molecular complexity index is 417. The molecular formula is C16H25BrN2. The fraction of sp³-hybridized carbons (Fsp3) is 0.625. The van der Waals surface area contributed by atoms with E-state index in [-0.39, 0.29) is 0 Å². The molecule has 2 nitrogen and oxygen atoms in total. The molecule has 3 heteroatoms. The van der Waals surface area contributed by atoms with Crippen molar-refractivity contribution in [2.45, 2.75) is 27.2 Å². The van der Waals surface area contributed by atoms with E-state index in [1.807, 2.05) is 0 Å². The molecule has 19 heavy (non-hydrogen) atoms. The van der Waals surface area contributed by atoms with Gasteiger partial charge in [0.05, 0.1) is 5.69 Å². The van der Waals surface area contributed by atoms with Gasteiger partial charge in [0.15, 0.2) is 0 Å². The SMILES string of the molecule is Cc1ccc(Br)c(N2CCC(CNCC(C)C)C2)c1. The smallest absolute Gasteiger partial charge is 0.0513 e. The molecule has 106 valence electrons. The third kappa shape index (κ3) is 4.22. The second-order valence-corrected chi connectivity index (χ2v) is 6.96. The molecule has 1 atom stereocenters. The van der Waals surface area contributed by atoms with Crippen LogP contribution in [0.5, 0.6) is 0 Å². The van der Waals surface area contributed by atoms with E-state index < -0.39 is 0 Å². The van der Waals surface area contributed by atoms with Crippen molar-refractivity contribution in [3.8, 4) is 0 Å². The van der Waals surface area contributed by atoms with Crippen LogP contribution in [0.4, 0.5) is 5.69 Å². The van der Waals surface area contributed by atoms with Crippen molar-refractivity contribution in [2.75, 3.05) is 31.1 Å². The van der Waals surface area contributed by atoms with Crippen LogP contribution in [0, 0.1) is 18.8 Å². The number of hydrogen-bond acceptors (Lipinski definition) is 2. The van der Waals surface area contributed by atoms with Gasteiger partial charge in [-0.25, -0.2) is 0 Å². The molecule has 1 aromatic carbocycles. The van der Waals surface area contributed by atoms with Crippen LogP contribution >= 0.6 is 15.9 Å². The lowest BCUT2D eigenvalue weighted by Crippen LogP contribution is -2.28. The van der Waals surface area contributed by atoms with E-state index >= 15 is 0 Å². The standard InChI is InChI=1S/C16H25BrN2/c1-12(2)9-18-10-14-6-7-19(11-14)16-8-13(3)4-5-15(16)17/h4-5,8,12,14,18H,6-7,9-11H2,1-3H3. The number of rotatable bonds is 5. The summed E-state index contributed by atoms with van der Waals surface area (Å²) >= 11 is 3.67. The molecule has 2 rings (SSSR count). The molecule has 1 heterocycles. The number of nitrogens with one attached hydrogen (secondary N) is 1. The maximum atomic E-state index is 3.67. The molecule has 1 N–H and O–H groups in total. The molecule has 0 radical (unpaired) electrons. The lowest BCUT2D eigenvalue weighted by atomic mass is 10.1. The van der Waals surface area contributed by atoms with E-state index in [1.54, 1.807) is 0 Å². The minimum absolute atomic E-state index is 0.739. The monoisotopic (exact) mass is 324 g/mol. The van der Waals surface area contributed by atoms with Crippen LogP contribution in [0.1, 0.15) is 25.8 Å². The summed E-state index contributed by atoms with van der Waals surface area (Å²) in [6.45, 7) is 11.3. The van der Waals surface area contributed by atoms with Crippen LogP contribution in [0.3, 0.4) is 0 Å². The molecule has 0 bridgehead atoms. The summed E-state index contributed by atoms with van der Waals surface area (Å²) in [6.07, 6.45) is 1.30. The lowest BCUT2D eigenvalue weighted by Gasteiger charge is -2.21. The molecule has 0 spiro atoms. The average molecular weight is 325 g/mol. The van der Waals surface area contributed by atoms with Crippen molar-refractivity contribution in [3.63, 3.8) is 0 Å². The number of hydrogen-bond donors (Lipinski definition) is 1. The molecule has 1 fully saturated rings. The van der Waals surface area contributed by atoms with Crippen molar-refractivity contribution in [1.29, 1.82) is 0 Å². The van der Waals surface area contributed by atoms with Crippen molar-refractivity contribution in [2.24, 2.45) is 11.8 Å². The van der Waals surface area contributed by atoms with Crippen molar-refractivity contribution < 1.29 is 0 Å². The summed E-state index contributed by atoms with van der Waals surface area (Å²) in [6, 6.07) is 6.61. The third-order valence-corrected chi connectivity index (χ3v) is 4.38. The largest absolute Gasteiger partial charge is 0.370 e. The molecule has 0 aromatic heterocycles. The Kier molecular flexibility index (Phi) is 5.28. The molecule has 1 unspecified atom stereocenters. The molecule has 1 aromatic rings. The van der Waals surface area contributed by atoms with Gasteiger partial charge in [-0.2, -0.15) is 0 Å². The van der Waals surface area contributed by atoms with Crippen LogP contribution in [-0.2, 0) is 0 Å². The quantitative estimate of drug-likeness (QED) is 0.885. The molecule has 1 aliphatic heterocycles. The van der Waals surface area contributed by atoms with E-state index in [4.69, 9.17) is 0 Å². The maximum Gasteiger partial charge on any atom is 0.0513 e. The first-order valence-corrected chi connectivity index (χ1v) is 8.07. The van der Waals surface area contributed by atoms with E-state index in [9.17, 15) is 0 Å². The van der Waals surface area contributed by atoms with Gasteiger partial charge in [0.25, 0.3) is 0 Å². The van der Waals surface area contributed by atoms with Crippen LogP contribution in [0.2, 0.25) is 0 Å². The lowest BCUT2D eigenvalue weighted by molar-refractivity contribution is 0.477. The predicted molar refractivity (Wildman–Crippen MR) is 86.9 cm³/mol. The third-order valence-electron chi connectivity index (χ3n) is 3.71. The van der Waals surface area contributed by atoms with Gasteiger partial charge in [-0.15, -0.1) is 0 Å². The highest BCUT2D eigenvalue weighted by molar-refractivity contribution is 9.10. The fourth-order valence-corrected chi connectivity index (χ4v) is 3.16. The van der Waals surface area contributed by atoms with Gasteiger partial charge in [0.2, 0.25) is 0 Å².